The molecule has 0 unspecified atom stereocenters. The van der Waals surface area contributed by atoms with Gasteiger partial charge in [0.1, 0.15) is 0 Å². The van der Waals surface area contributed by atoms with Crippen LogP contribution in [0, 0.1) is 6.92 Å². The van der Waals surface area contributed by atoms with Crippen molar-refractivity contribution in [2.24, 2.45) is 0 Å². The van der Waals surface area contributed by atoms with Crippen molar-refractivity contribution in [1.29, 1.82) is 0 Å². The van der Waals surface area contributed by atoms with Crippen molar-refractivity contribution in [2.75, 3.05) is 11.9 Å². The van der Waals surface area contributed by atoms with E-state index >= 15 is 0 Å². The number of nitrogens with one attached hydrogen (secondary N) is 1. The normalized spacial score (nSPS) is 11.1. The Labute approximate surface area is 97.5 Å². The van der Waals surface area contributed by atoms with Gasteiger partial charge >= 0.3 is 6.03 Å². The van der Waals surface area contributed by atoms with Crippen molar-refractivity contribution < 1.29 is 4.79 Å². The highest BCUT2D eigenvalue weighted by molar-refractivity contribution is 5.91. The van der Waals surface area contributed by atoms with Crippen LogP contribution in [0.5, 0.6) is 0 Å². The Hall–Kier alpha value is -1.51. The number of nitrogens with zero attached hydrogens (tertiary/aromatic N) is 1. The highest BCUT2D eigenvalue weighted by Gasteiger charge is 2.17. The van der Waals surface area contributed by atoms with Gasteiger partial charge in [0, 0.05) is 18.3 Å². The number of anilines is 1. The third-order valence-electron chi connectivity index (χ3n) is 2.21. The minimum Gasteiger partial charge on any atom is -0.333 e. The Bertz CT molecular complexity index is 363. The van der Waals surface area contributed by atoms with E-state index in [-0.39, 0.29) is 11.6 Å². The van der Waals surface area contributed by atoms with Crippen LogP contribution in [0.2, 0.25) is 0 Å². The molecule has 1 aromatic carbocycles. The number of amides is 2. The summed E-state index contributed by atoms with van der Waals surface area (Å²) in [6.07, 6.45) is 0. The first kappa shape index (κ1) is 12.6. The molecule has 16 heavy (non-hydrogen) atoms. The van der Waals surface area contributed by atoms with Crippen LogP contribution in [-0.2, 0) is 0 Å². The molecule has 1 aromatic rings. The van der Waals surface area contributed by atoms with E-state index in [0.29, 0.717) is 0 Å². The topological polar surface area (TPSA) is 32.3 Å². The van der Waals surface area contributed by atoms with Crippen molar-refractivity contribution in [1.82, 2.24) is 5.32 Å². The quantitative estimate of drug-likeness (QED) is 0.775. The fourth-order valence-electron chi connectivity index (χ4n) is 1.29. The minimum absolute atomic E-state index is 0.0867. The standard InChI is InChI=1S/C13H20N2O/c1-10-6-8-11(9-7-10)15(5)12(16)14-13(2,3)4/h6-9H,1-5H3,(H,14,16). The number of benzene rings is 1. The Morgan fingerprint density at radius 3 is 2.12 bits per heavy atom. The fraction of sp³-hybridized carbons (Fsp3) is 0.462. The van der Waals surface area contributed by atoms with E-state index in [4.69, 9.17) is 0 Å². The Kier molecular flexibility index (Phi) is 3.58. The minimum atomic E-state index is -0.212. The summed E-state index contributed by atoms with van der Waals surface area (Å²) in [6.45, 7) is 7.93. The average molecular weight is 220 g/mol. The highest BCUT2D eigenvalue weighted by atomic mass is 16.2. The molecule has 0 aliphatic carbocycles. The lowest BCUT2D eigenvalue weighted by atomic mass is 10.1. The number of aryl methyl sites for hydroxylation is 1. The van der Waals surface area contributed by atoms with E-state index in [2.05, 4.69) is 5.32 Å². The van der Waals surface area contributed by atoms with E-state index in [1.165, 1.54) is 5.56 Å². The lowest BCUT2D eigenvalue weighted by molar-refractivity contribution is 0.239. The van der Waals surface area contributed by atoms with Gasteiger partial charge in [-0.05, 0) is 39.8 Å². The second kappa shape index (κ2) is 4.56. The Morgan fingerprint density at radius 2 is 1.69 bits per heavy atom. The van der Waals surface area contributed by atoms with Crippen LogP contribution in [-0.4, -0.2) is 18.6 Å². The predicted molar refractivity (Wildman–Crippen MR) is 67.9 cm³/mol. The number of hydrogen-bond donors (Lipinski definition) is 1. The average Bonchev–Trinajstić information content (AvgIpc) is 2.15. The third-order valence-corrected chi connectivity index (χ3v) is 2.21. The molecule has 0 saturated carbocycles. The van der Waals surface area contributed by atoms with E-state index in [0.717, 1.165) is 5.69 Å². The number of rotatable bonds is 1. The fourth-order valence-corrected chi connectivity index (χ4v) is 1.29. The van der Waals surface area contributed by atoms with Crippen LogP contribution >= 0.6 is 0 Å². The van der Waals surface area contributed by atoms with Crippen LogP contribution in [0.15, 0.2) is 24.3 Å². The van der Waals surface area contributed by atoms with E-state index in [9.17, 15) is 4.79 Å². The largest absolute Gasteiger partial charge is 0.333 e. The molecule has 0 fully saturated rings. The molecule has 3 heteroatoms. The van der Waals surface area contributed by atoms with Gasteiger partial charge < -0.3 is 5.32 Å². The molecule has 0 aliphatic rings. The molecule has 0 aliphatic heterocycles. The van der Waals surface area contributed by atoms with Gasteiger partial charge in [0.2, 0.25) is 0 Å². The molecule has 0 bridgehead atoms. The van der Waals surface area contributed by atoms with Crippen molar-refractivity contribution in [2.45, 2.75) is 33.2 Å². The van der Waals surface area contributed by atoms with Gasteiger partial charge in [0.05, 0.1) is 0 Å². The number of carbonyl (C=O) groups is 1. The maximum Gasteiger partial charge on any atom is 0.322 e. The third kappa shape index (κ3) is 3.57. The molecule has 0 spiro atoms. The number of carbonyl (C=O) groups excluding carboxylic acids is 1. The van der Waals surface area contributed by atoms with E-state index in [1.807, 2.05) is 52.0 Å². The predicted octanol–water partition coefficient (Wildman–Crippen LogP) is 2.94. The van der Waals surface area contributed by atoms with Crippen LogP contribution in [0.3, 0.4) is 0 Å². The molecule has 2 amide bonds. The first-order valence-electron chi connectivity index (χ1n) is 5.42. The molecule has 1 N–H and O–H groups in total. The maximum atomic E-state index is 11.9. The summed E-state index contributed by atoms with van der Waals surface area (Å²) >= 11 is 0. The summed E-state index contributed by atoms with van der Waals surface area (Å²) in [7, 11) is 1.77. The molecule has 0 heterocycles. The number of urea groups is 1. The van der Waals surface area contributed by atoms with Crippen LogP contribution < -0.4 is 10.2 Å². The van der Waals surface area contributed by atoms with Crippen molar-refractivity contribution >= 4 is 11.7 Å². The molecule has 0 atom stereocenters. The Morgan fingerprint density at radius 1 is 1.19 bits per heavy atom. The molecule has 88 valence electrons. The molecule has 0 radical (unpaired) electrons. The molecular weight excluding hydrogens is 200 g/mol. The summed E-state index contributed by atoms with van der Waals surface area (Å²) in [6, 6.07) is 7.79. The highest BCUT2D eigenvalue weighted by Crippen LogP contribution is 2.14. The summed E-state index contributed by atoms with van der Waals surface area (Å²) in [5.41, 5.74) is 1.87. The first-order valence-corrected chi connectivity index (χ1v) is 5.42. The summed E-state index contributed by atoms with van der Waals surface area (Å²) < 4.78 is 0. The van der Waals surface area contributed by atoms with Crippen LogP contribution in [0.1, 0.15) is 26.3 Å². The van der Waals surface area contributed by atoms with Crippen LogP contribution in [0.4, 0.5) is 10.5 Å². The maximum absolute atomic E-state index is 11.9. The summed E-state index contributed by atoms with van der Waals surface area (Å²) in [5, 5.41) is 2.92. The van der Waals surface area contributed by atoms with Crippen molar-refractivity contribution in [3.63, 3.8) is 0 Å². The molecular formula is C13H20N2O. The van der Waals surface area contributed by atoms with Gasteiger partial charge in [-0.1, -0.05) is 17.7 Å². The second-order valence-electron chi connectivity index (χ2n) is 5.07. The first-order chi connectivity index (χ1) is 7.29. The molecule has 3 nitrogen and oxygen atoms in total. The van der Waals surface area contributed by atoms with E-state index in [1.54, 1.807) is 11.9 Å². The Balaban J connectivity index is 2.74. The van der Waals surface area contributed by atoms with Gasteiger partial charge in [-0.3, -0.25) is 4.90 Å². The molecule has 0 saturated heterocycles. The zero-order valence-corrected chi connectivity index (χ0v) is 10.7. The van der Waals surface area contributed by atoms with Gasteiger partial charge in [-0.15, -0.1) is 0 Å². The monoisotopic (exact) mass is 220 g/mol. The van der Waals surface area contributed by atoms with Crippen molar-refractivity contribution in [3.05, 3.63) is 29.8 Å². The zero-order valence-electron chi connectivity index (χ0n) is 10.7. The second-order valence-corrected chi connectivity index (χ2v) is 5.07. The van der Waals surface area contributed by atoms with E-state index < -0.39 is 0 Å². The molecule has 1 rings (SSSR count). The lowest BCUT2D eigenvalue weighted by Gasteiger charge is -2.25. The number of hydrogen-bond acceptors (Lipinski definition) is 1. The van der Waals surface area contributed by atoms with Gasteiger partial charge in [0.15, 0.2) is 0 Å². The SMILES string of the molecule is Cc1ccc(N(C)C(=O)NC(C)(C)C)cc1. The molecule has 0 aromatic heterocycles. The van der Waals surface area contributed by atoms with Crippen molar-refractivity contribution in [3.8, 4) is 0 Å². The van der Waals surface area contributed by atoms with Gasteiger partial charge in [-0.2, -0.15) is 0 Å². The van der Waals surface area contributed by atoms with Gasteiger partial charge in [-0.25, -0.2) is 4.79 Å². The summed E-state index contributed by atoms with van der Waals surface area (Å²) in [4.78, 5) is 13.5. The van der Waals surface area contributed by atoms with Crippen LogP contribution in [0.25, 0.3) is 0 Å². The van der Waals surface area contributed by atoms with Gasteiger partial charge in [0.25, 0.3) is 0 Å². The smallest absolute Gasteiger partial charge is 0.322 e. The lowest BCUT2D eigenvalue weighted by Crippen LogP contribution is -2.47. The summed E-state index contributed by atoms with van der Waals surface area (Å²) in [5.74, 6) is 0. The zero-order chi connectivity index (χ0) is 12.3.